The maximum Gasteiger partial charge on any atom is 0.105 e. The van der Waals surface area contributed by atoms with Gasteiger partial charge in [-0.15, -0.1) is 0 Å². The van der Waals surface area contributed by atoms with Gasteiger partial charge in [0, 0.05) is 6.61 Å². The molecule has 1 saturated heterocycles. The second kappa shape index (κ2) is 5.37. The molecule has 1 N–H and O–H groups in total. The van der Waals surface area contributed by atoms with E-state index >= 15 is 0 Å². The van der Waals surface area contributed by atoms with E-state index in [1.54, 1.807) is 18.2 Å². The summed E-state index contributed by atoms with van der Waals surface area (Å²) in [5, 5.41) is 11.1. The van der Waals surface area contributed by atoms with E-state index in [0.717, 1.165) is 31.4 Å². The Balaban J connectivity index is 2.12. The average Bonchev–Trinajstić information content (AvgIpc) is 2.33. The van der Waals surface area contributed by atoms with Gasteiger partial charge in [-0.3, -0.25) is 0 Å². The Morgan fingerprint density at radius 2 is 2.06 bits per heavy atom. The van der Waals surface area contributed by atoms with Crippen LogP contribution in [-0.2, 0) is 4.74 Å². The van der Waals surface area contributed by atoms with Crippen LogP contribution in [0, 0.1) is 0 Å². The SMILES string of the molecule is OC(c1ccc(Cl)c(Cl)c1)C1CCCCO1. The summed E-state index contributed by atoms with van der Waals surface area (Å²) >= 11 is 11.7. The minimum Gasteiger partial charge on any atom is -0.386 e. The van der Waals surface area contributed by atoms with Crippen LogP contribution in [0.25, 0.3) is 0 Å². The summed E-state index contributed by atoms with van der Waals surface area (Å²) in [6, 6.07) is 5.19. The van der Waals surface area contributed by atoms with Crippen molar-refractivity contribution in [2.45, 2.75) is 31.5 Å². The molecule has 1 aliphatic heterocycles. The van der Waals surface area contributed by atoms with Crippen molar-refractivity contribution in [3.63, 3.8) is 0 Å². The molecule has 1 heterocycles. The van der Waals surface area contributed by atoms with Gasteiger partial charge in [-0.2, -0.15) is 0 Å². The molecule has 0 amide bonds. The lowest BCUT2D eigenvalue weighted by atomic mass is 9.98. The molecular formula is C12H14Cl2O2. The molecule has 2 nitrogen and oxygen atoms in total. The average molecular weight is 261 g/mol. The van der Waals surface area contributed by atoms with E-state index in [0.29, 0.717) is 10.0 Å². The molecule has 0 saturated carbocycles. The molecule has 1 aromatic carbocycles. The van der Waals surface area contributed by atoms with Crippen LogP contribution in [0.4, 0.5) is 0 Å². The Morgan fingerprint density at radius 3 is 2.69 bits per heavy atom. The normalized spacial score (nSPS) is 23.1. The predicted octanol–water partition coefficient (Wildman–Crippen LogP) is 3.60. The highest BCUT2D eigenvalue weighted by atomic mass is 35.5. The summed E-state index contributed by atoms with van der Waals surface area (Å²) in [4.78, 5) is 0. The van der Waals surface area contributed by atoms with Gasteiger partial charge in [-0.05, 0) is 37.0 Å². The lowest BCUT2D eigenvalue weighted by Gasteiger charge is -2.27. The molecular weight excluding hydrogens is 247 g/mol. The summed E-state index contributed by atoms with van der Waals surface area (Å²) in [7, 11) is 0. The molecule has 0 bridgehead atoms. The Morgan fingerprint density at radius 1 is 1.25 bits per heavy atom. The summed E-state index contributed by atoms with van der Waals surface area (Å²) in [5.74, 6) is 0. The highest BCUT2D eigenvalue weighted by Gasteiger charge is 2.24. The smallest absolute Gasteiger partial charge is 0.105 e. The fourth-order valence-electron chi connectivity index (χ4n) is 1.93. The van der Waals surface area contributed by atoms with Gasteiger partial charge in [0.2, 0.25) is 0 Å². The van der Waals surface area contributed by atoms with Crippen LogP contribution in [0.15, 0.2) is 18.2 Å². The van der Waals surface area contributed by atoms with Crippen molar-refractivity contribution >= 4 is 23.2 Å². The zero-order valence-corrected chi connectivity index (χ0v) is 10.3. The van der Waals surface area contributed by atoms with Gasteiger partial charge in [-0.25, -0.2) is 0 Å². The Bertz CT molecular complexity index is 362. The number of hydrogen-bond acceptors (Lipinski definition) is 2. The zero-order chi connectivity index (χ0) is 11.5. The number of aliphatic hydroxyl groups excluding tert-OH is 1. The highest BCUT2D eigenvalue weighted by molar-refractivity contribution is 6.42. The molecule has 0 spiro atoms. The van der Waals surface area contributed by atoms with E-state index in [1.807, 2.05) is 0 Å². The van der Waals surface area contributed by atoms with Crippen molar-refractivity contribution in [2.24, 2.45) is 0 Å². The fraction of sp³-hybridized carbons (Fsp3) is 0.500. The fourth-order valence-corrected chi connectivity index (χ4v) is 2.23. The molecule has 88 valence electrons. The van der Waals surface area contributed by atoms with Gasteiger partial charge < -0.3 is 9.84 Å². The minimum atomic E-state index is -0.616. The monoisotopic (exact) mass is 260 g/mol. The van der Waals surface area contributed by atoms with Crippen molar-refractivity contribution in [3.05, 3.63) is 33.8 Å². The van der Waals surface area contributed by atoms with E-state index in [1.165, 1.54) is 0 Å². The Kier molecular flexibility index (Phi) is 4.09. The van der Waals surface area contributed by atoms with Crippen molar-refractivity contribution < 1.29 is 9.84 Å². The van der Waals surface area contributed by atoms with Crippen LogP contribution >= 0.6 is 23.2 Å². The molecule has 4 heteroatoms. The van der Waals surface area contributed by atoms with Crippen LogP contribution in [-0.4, -0.2) is 17.8 Å². The number of hydrogen-bond donors (Lipinski definition) is 1. The van der Waals surface area contributed by atoms with E-state index in [4.69, 9.17) is 27.9 Å². The number of halogens is 2. The molecule has 2 rings (SSSR count). The third-order valence-corrected chi connectivity index (χ3v) is 3.59. The summed E-state index contributed by atoms with van der Waals surface area (Å²) in [6.45, 7) is 0.725. The summed E-state index contributed by atoms with van der Waals surface area (Å²) in [5.41, 5.74) is 0.765. The van der Waals surface area contributed by atoms with Crippen molar-refractivity contribution in [2.75, 3.05) is 6.61 Å². The summed E-state index contributed by atoms with van der Waals surface area (Å²) in [6.07, 6.45) is 2.33. The molecule has 0 aliphatic carbocycles. The third-order valence-electron chi connectivity index (χ3n) is 2.85. The highest BCUT2D eigenvalue weighted by Crippen LogP contribution is 2.30. The molecule has 1 aliphatic rings. The van der Waals surface area contributed by atoms with E-state index in [9.17, 15) is 5.11 Å². The number of benzene rings is 1. The van der Waals surface area contributed by atoms with Gasteiger partial charge >= 0.3 is 0 Å². The predicted molar refractivity (Wildman–Crippen MR) is 65.0 cm³/mol. The Labute approximate surface area is 105 Å². The quantitative estimate of drug-likeness (QED) is 0.881. The molecule has 16 heavy (non-hydrogen) atoms. The lowest BCUT2D eigenvalue weighted by molar-refractivity contribution is -0.0633. The van der Waals surface area contributed by atoms with Gasteiger partial charge in [0.1, 0.15) is 6.10 Å². The van der Waals surface area contributed by atoms with Gasteiger partial charge in [-0.1, -0.05) is 29.3 Å². The molecule has 0 radical (unpaired) electrons. The van der Waals surface area contributed by atoms with Crippen molar-refractivity contribution in [3.8, 4) is 0 Å². The third kappa shape index (κ3) is 2.69. The van der Waals surface area contributed by atoms with Crippen molar-refractivity contribution in [1.82, 2.24) is 0 Å². The van der Waals surface area contributed by atoms with Gasteiger partial charge in [0.05, 0.1) is 16.1 Å². The second-order valence-electron chi connectivity index (χ2n) is 4.02. The van der Waals surface area contributed by atoms with Crippen LogP contribution in [0.5, 0.6) is 0 Å². The van der Waals surface area contributed by atoms with E-state index in [-0.39, 0.29) is 6.10 Å². The molecule has 2 atom stereocenters. The van der Waals surface area contributed by atoms with Crippen LogP contribution in [0.1, 0.15) is 30.9 Å². The second-order valence-corrected chi connectivity index (χ2v) is 4.84. The molecule has 0 aromatic heterocycles. The lowest BCUT2D eigenvalue weighted by Crippen LogP contribution is -2.26. The largest absolute Gasteiger partial charge is 0.386 e. The molecule has 1 aromatic rings. The first-order chi connectivity index (χ1) is 7.68. The minimum absolute atomic E-state index is 0.119. The number of rotatable bonds is 2. The topological polar surface area (TPSA) is 29.5 Å². The van der Waals surface area contributed by atoms with Crippen LogP contribution < -0.4 is 0 Å². The van der Waals surface area contributed by atoms with Crippen LogP contribution in [0.3, 0.4) is 0 Å². The van der Waals surface area contributed by atoms with Crippen LogP contribution in [0.2, 0.25) is 10.0 Å². The number of aliphatic hydroxyl groups is 1. The summed E-state index contributed by atoms with van der Waals surface area (Å²) < 4.78 is 5.54. The molecule has 2 unspecified atom stereocenters. The maximum absolute atomic E-state index is 10.1. The Hall–Kier alpha value is -0.280. The maximum atomic E-state index is 10.1. The number of ether oxygens (including phenoxy) is 1. The van der Waals surface area contributed by atoms with Crippen molar-refractivity contribution in [1.29, 1.82) is 0 Å². The van der Waals surface area contributed by atoms with Gasteiger partial charge in [0.25, 0.3) is 0 Å². The van der Waals surface area contributed by atoms with E-state index < -0.39 is 6.10 Å². The van der Waals surface area contributed by atoms with E-state index in [2.05, 4.69) is 0 Å². The standard InChI is InChI=1S/C12H14Cl2O2/c13-9-5-4-8(7-10(9)14)12(15)11-3-1-2-6-16-11/h4-5,7,11-12,15H,1-3,6H2. The first-order valence-corrected chi connectivity index (χ1v) is 6.18. The first kappa shape index (κ1) is 12.2. The van der Waals surface area contributed by atoms with Gasteiger partial charge in [0.15, 0.2) is 0 Å². The zero-order valence-electron chi connectivity index (χ0n) is 8.83. The molecule has 1 fully saturated rings. The first-order valence-electron chi connectivity index (χ1n) is 5.43.